The van der Waals surface area contributed by atoms with Crippen LogP contribution in [-0.2, 0) is 14.3 Å². The van der Waals surface area contributed by atoms with Gasteiger partial charge in [-0.1, -0.05) is 20.8 Å². The normalized spacial score (nSPS) is 48.3. The predicted octanol–water partition coefficient (Wildman–Crippen LogP) is 2.76. The van der Waals surface area contributed by atoms with Gasteiger partial charge >= 0.3 is 5.97 Å². The maximum Gasteiger partial charge on any atom is 0.310 e. The molecule has 4 rings (SSSR count). The Labute approximate surface area is 139 Å². The minimum absolute atomic E-state index is 0.0317. The van der Waals surface area contributed by atoms with Crippen molar-refractivity contribution in [3.63, 3.8) is 0 Å². The molecule has 4 aliphatic rings. The number of fused-ring (bicyclic) bond motifs is 3. The first-order valence-corrected chi connectivity index (χ1v) is 9.49. The molecule has 4 fully saturated rings. The number of ether oxygens (including phenoxy) is 2. The lowest BCUT2D eigenvalue weighted by molar-refractivity contribution is -0.147. The molecule has 0 aromatic rings. The van der Waals surface area contributed by atoms with Crippen LogP contribution in [0.3, 0.4) is 0 Å². The lowest BCUT2D eigenvalue weighted by Gasteiger charge is -2.51. The van der Waals surface area contributed by atoms with Crippen LogP contribution < -0.4 is 5.32 Å². The highest BCUT2D eigenvalue weighted by molar-refractivity contribution is 5.75. The molecule has 1 spiro atoms. The summed E-state index contributed by atoms with van der Waals surface area (Å²) in [5.74, 6) is 1.69. The molecular formula is C19H31NO3. The number of rotatable bonds is 4. The molecule has 2 aliphatic carbocycles. The van der Waals surface area contributed by atoms with E-state index in [4.69, 9.17) is 9.47 Å². The highest BCUT2D eigenvalue weighted by Gasteiger charge is 2.64. The van der Waals surface area contributed by atoms with Gasteiger partial charge in [0.2, 0.25) is 0 Å². The number of hydrogen-bond donors (Lipinski definition) is 1. The third-order valence-electron chi connectivity index (χ3n) is 7.00. The summed E-state index contributed by atoms with van der Waals surface area (Å²) in [5, 5.41) is 3.48. The van der Waals surface area contributed by atoms with Crippen LogP contribution in [-0.4, -0.2) is 37.4 Å². The van der Waals surface area contributed by atoms with E-state index in [-0.39, 0.29) is 23.6 Å². The Hall–Kier alpha value is -0.610. The van der Waals surface area contributed by atoms with E-state index in [9.17, 15) is 4.79 Å². The molecule has 23 heavy (non-hydrogen) atoms. The van der Waals surface area contributed by atoms with Crippen LogP contribution in [0.5, 0.6) is 0 Å². The van der Waals surface area contributed by atoms with E-state index >= 15 is 0 Å². The van der Waals surface area contributed by atoms with Gasteiger partial charge in [0.15, 0.2) is 0 Å². The zero-order valence-corrected chi connectivity index (χ0v) is 14.8. The second kappa shape index (κ2) is 5.45. The summed E-state index contributed by atoms with van der Waals surface area (Å²) >= 11 is 0. The van der Waals surface area contributed by atoms with Crippen molar-refractivity contribution in [1.82, 2.24) is 5.32 Å². The lowest BCUT2D eigenvalue weighted by Crippen LogP contribution is -2.51. The Morgan fingerprint density at radius 1 is 1.35 bits per heavy atom. The molecule has 0 aromatic carbocycles. The maximum absolute atomic E-state index is 12.4. The number of nitrogens with one attached hydrogen (secondary N) is 1. The van der Waals surface area contributed by atoms with Crippen molar-refractivity contribution in [3.05, 3.63) is 0 Å². The molecule has 6 atom stereocenters. The predicted molar refractivity (Wildman–Crippen MR) is 87.9 cm³/mol. The minimum Gasteiger partial charge on any atom is -0.462 e. The highest BCUT2D eigenvalue weighted by atomic mass is 16.6. The number of esters is 1. The number of carbonyl (C=O) groups excluding carboxylic acids is 1. The van der Waals surface area contributed by atoms with E-state index in [0.29, 0.717) is 23.2 Å². The Morgan fingerprint density at radius 3 is 2.83 bits per heavy atom. The standard InChI is InChI=1S/C19H31NO3/c1-12(2)9-20-10-14-13-7-16-18(3,8-15(13)23-17(14)21)5-4-6-19(16)11-22-19/h12-16,20H,4-11H2,1-3H3/t13-,14+,15-,16-,18-,19+/m1/s1. The van der Waals surface area contributed by atoms with Gasteiger partial charge in [-0.3, -0.25) is 4.79 Å². The van der Waals surface area contributed by atoms with Gasteiger partial charge in [-0.25, -0.2) is 0 Å². The van der Waals surface area contributed by atoms with Crippen molar-refractivity contribution in [1.29, 1.82) is 0 Å². The molecule has 0 bridgehead atoms. The number of carbonyl (C=O) groups is 1. The van der Waals surface area contributed by atoms with Gasteiger partial charge in [0.25, 0.3) is 0 Å². The topological polar surface area (TPSA) is 50.9 Å². The second-order valence-corrected chi connectivity index (χ2v) is 9.15. The van der Waals surface area contributed by atoms with E-state index in [1.165, 1.54) is 19.3 Å². The number of hydrogen-bond acceptors (Lipinski definition) is 4. The van der Waals surface area contributed by atoms with Crippen molar-refractivity contribution in [2.24, 2.45) is 29.1 Å². The van der Waals surface area contributed by atoms with Crippen molar-refractivity contribution in [2.45, 2.75) is 64.6 Å². The molecule has 0 aromatic heterocycles. The fourth-order valence-corrected chi connectivity index (χ4v) is 5.72. The Morgan fingerprint density at radius 2 is 2.13 bits per heavy atom. The quantitative estimate of drug-likeness (QED) is 0.639. The monoisotopic (exact) mass is 321 g/mol. The molecule has 1 N–H and O–H groups in total. The number of epoxide rings is 1. The summed E-state index contributed by atoms with van der Waals surface area (Å²) in [4.78, 5) is 12.4. The van der Waals surface area contributed by atoms with Gasteiger partial charge in [0, 0.05) is 12.5 Å². The van der Waals surface area contributed by atoms with Gasteiger partial charge in [-0.2, -0.15) is 0 Å². The van der Waals surface area contributed by atoms with Gasteiger partial charge in [0.05, 0.1) is 18.1 Å². The summed E-state index contributed by atoms with van der Waals surface area (Å²) in [6, 6.07) is 0. The zero-order valence-electron chi connectivity index (χ0n) is 14.8. The molecule has 0 radical (unpaired) electrons. The van der Waals surface area contributed by atoms with Crippen molar-refractivity contribution < 1.29 is 14.3 Å². The minimum atomic E-state index is 0.0317. The Balaban J connectivity index is 1.49. The van der Waals surface area contributed by atoms with E-state index in [0.717, 1.165) is 32.5 Å². The molecule has 2 saturated heterocycles. The van der Waals surface area contributed by atoms with E-state index in [2.05, 4.69) is 26.1 Å². The fourth-order valence-electron chi connectivity index (χ4n) is 5.72. The van der Waals surface area contributed by atoms with Gasteiger partial charge < -0.3 is 14.8 Å². The molecule has 2 heterocycles. The van der Waals surface area contributed by atoms with Crippen molar-refractivity contribution in [2.75, 3.05) is 19.7 Å². The van der Waals surface area contributed by atoms with E-state index in [1.807, 2.05) is 0 Å². The Kier molecular flexibility index (Phi) is 3.77. The zero-order chi connectivity index (χ0) is 16.2. The van der Waals surface area contributed by atoms with Crippen LogP contribution in [0, 0.1) is 29.1 Å². The average Bonchev–Trinajstić information content (AvgIpc) is 3.17. The molecule has 4 heteroatoms. The smallest absolute Gasteiger partial charge is 0.310 e. The van der Waals surface area contributed by atoms with Crippen molar-refractivity contribution >= 4 is 5.97 Å². The van der Waals surface area contributed by atoms with Gasteiger partial charge in [-0.15, -0.1) is 0 Å². The first-order valence-electron chi connectivity index (χ1n) is 9.49. The van der Waals surface area contributed by atoms with Gasteiger partial charge in [-0.05, 0) is 55.9 Å². The lowest BCUT2D eigenvalue weighted by atomic mass is 9.53. The third kappa shape index (κ3) is 2.62. The summed E-state index contributed by atoms with van der Waals surface area (Å²) in [5.41, 5.74) is 0.454. The summed E-state index contributed by atoms with van der Waals surface area (Å²) in [6.07, 6.45) is 6.04. The Bertz CT molecular complexity index is 487. The molecule has 4 nitrogen and oxygen atoms in total. The molecule has 130 valence electrons. The molecule has 2 saturated carbocycles. The highest BCUT2D eigenvalue weighted by Crippen LogP contribution is 2.62. The average molecular weight is 321 g/mol. The van der Waals surface area contributed by atoms with Crippen molar-refractivity contribution in [3.8, 4) is 0 Å². The second-order valence-electron chi connectivity index (χ2n) is 9.15. The summed E-state index contributed by atoms with van der Waals surface area (Å²) < 4.78 is 11.8. The van der Waals surface area contributed by atoms with Crippen LogP contribution in [0.1, 0.15) is 52.9 Å². The van der Waals surface area contributed by atoms with Crippen LogP contribution in [0.15, 0.2) is 0 Å². The largest absolute Gasteiger partial charge is 0.462 e. The third-order valence-corrected chi connectivity index (χ3v) is 7.00. The fraction of sp³-hybridized carbons (Fsp3) is 0.947. The maximum atomic E-state index is 12.4. The summed E-state index contributed by atoms with van der Waals surface area (Å²) in [6.45, 7) is 9.49. The van der Waals surface area contributed by atoms with Crippen LogP contribution >= 0.6 is 0 Å². The van der Waals surface area contributed by atoms with Gasteiger partial charge in [0.1, 0.15) is 6.10 Å². The molecule has 0 amide bonds. The van der Waals surface area contributed by atoms with E-state index in [1.54, 1.807) is 0 Å². The SMILES string of the molecule is CC(C)CNC[C@@H]1C(=O)O[C@@H]2C[C@@]3(C)CCC[C@]4(CO4)[C@@H]3C[C@H]12. The molecule has 2 aliphatic heterocycles. The van der Waals surface area contributed by atoms with Crippen LogP contribution in [0.2, 0.25) is 0 Å². The molecular weight excluding hydrogens is 290 g/mol. The van der Waals surface area contributed by atoms with Crippen LogP contribution in [0.25, 0.3) is 0 Å². The summed E-state index contributed by atoms with van der Waals surface area (Å²) in [7, 11) is 0. The first-order chi connectivity index (χ1) is 10.9. The first kappa shape index (κ1) is 15.9. The van der Waals surface area contributed by atoms with E-state index < -0.39 is 0 Å². The molecule has 0 unspecified atom stereocenters. The van der Waals surface area contributed by atoms with Crippen LogP contribution in [0.4, 0.5) is 0 Å².